The summed E-state index contributed by atoms with van der Waals surface area (Å²) in [5.41, 5.74) is 0. The molecule has 0 amide bonds. The molecule has 0 rings (SSSR count). The lowest BCUT2D eigenvalue weighted by Gasteiger charge is -2.21. The molecule has 0 saturated heterocycles. The van der Waals surface area contributed by atoms with Crippen molar-refractivity contribution in [1.82, 2.24) is 0 Å². The van der Waals surface area contributed by atoms with E-state index in [1.54, 1.807) is 0 Å². The van der Waals surface area contributed by atoms with Crippen molar-refractivity contribution in [1.29, 1.82) is 0 Å². The normalized spacial score (nSPS) is 17.0. The SMILES string of the molecule is CCCC(C(O)CC(C)C)S(=O)(=O)O. The minimum absolute atomic E-state index is 0.214. The molecular formula is C9H20O4S. The number of aliphatic hydroxyl groups excluding tert-OH is 1. The molecule has 0 saturated carbocycles. The Balaban J connectivity index is 4.50. The third kappa shape index (κ3) is 4.93. The van der Waals surface area contributed by atoms with Crippen LogP contribution in [0, 0.1) is 5.92 Å². The van der Waals surface area contributed by atoms with Crippen LogP contribution in [0.5, 0.6) is 0 Å². The molecule has 0 aliphatic carbocycles. The van der Waals surface area contributed by atoms with E-state index in [1.165, 1.54) is 0 Å². The molecule has 0 heterocycles. The first-order valence-corrected chi connectivity index (χ1v) is 6.43. The molecule has 0 aromatic heterocycles. The van der Waals surface area contributed by atoms with E-state index in [9.17, 15) is 13.5 Å². The van der Waals surface area contributed by atoms with Gasteiger partial charge < -0.3 is 5.11 Å². The van der Waals surface area contributed by atoms with Crippen LogP contribution in [0.4, 0.5) is 0 Å². The summed E-state index contributed by atoms with van der Waals surface area (Å²) in [6.07, 6.45) is 0.349. The second kappa shape index (κ2) is 5.68. The van der Waals surface area contributed by atoms with Crippen LogP contribution in [0.15, 0.2) is 0 Å². The predicted molar refractivity (Wildman–Crippen MR) is 55.7 cm³/mol. The molecule has 0 aliphatic heterocycles. The van der Waals surface area contributed by atoms with E-state index in [0.29, 0.717) is 19.3 Å². The molecule has 2 unspecified atom stereocenters. The van der Waals surface area contributed by atoms with Gasteiger partial charge in [-0.2, -0.15) is 8.42 Å². The summed E-state index contributed by atoms with van der Waals surface area (Å²) in [7, 11) is -4.12. The highest BCUT2D eigenvalue weighted by molar-refractivity contribution is 7.86. The maximum Gasteiger partial charge on any atom is 0.270 e. The topological polar surface area (TPSA) is 74.6 Å². The summed E-state index contributed by atoms with van der Waals surface area (Å²) in [6, 6.07) is 0. The summed E-state index contributed by atoms with van der Waals surface area (Å²) >= 11 is 0. The van der Waals surface area contributed by atoms with Crippen molar-refractivity contribution in [3.8, 4) is 0 Å². The Hall–Kier alpha value is -0.130. The zero-order valence-electron chi connectivity index (χ0n) is 8.97. The van der Waals surface area contributed by atoms with Crippen LogP contribution in [0.25, 0.3) is 0 Å². The smallest absolute Gasteiger partial charge is 0.270 e. The van der Waals surface area contributed by atoms with Gasteiger partial charge >= 0.3 is 0 Å². The first-order valence-electron chi connectivity index (χ1n) is 4.93. The summed E-state index contributed by atoms with van der Waals surface area (Å²) in [5.74, 6) is 0.214. The van der Waals surface area contributed by atoms with Gasteiger partial charge in [0, 0.05) is 0 Å². The third-order valence-electron chi connectivity index (χ3n) is 2.10. The molecule has 0 bridgehead atoms. The highest BCUT2D eigenvalue weighted by Gasteiger charge is 2.30. The van der Waals surface area contributed by atoms with Crippen LogP contribution in [0.3, 0.4) is 0 Å². The van der Waals surface area contributed by atoms with E-state index in [4.69, 9.17) is 4.55 Å². The lowest BCUT2D eigenvalue weighted by atomic mass is 10.0. The number of hydrogen-bond donors (Lipinski definition) is 2. The van der Waals surface area contributed by atoms with E-state index in [2.05, 4.69) is 0 Å². The summed E-state index contributed by atoms with van der Waals surface area (Å²) in [5, 5.41) is 8.57. The van der Waals surface area contributed by atoms with Gasteiger partial charge in [0.25, 0.3) is 10.1 Å². The largest absolute Gasteiger partial charge is 0.392 e. The lowest BCUT2D eigenvalue weighted by molar-refractivity contribution is 0.136. The average Bonchev–Trinajstić information content (AvgIpc) is 1.96. The highest BCUT2D eigenvalue weighted by atomic mass is 32.2. The second-order valence-electron chi connectivity index (χ2n) is 4.04. The number of rotatable bonds is 6. The fourth-order valence-electron chi connectivity index (χ4n) is 1.46. The van der Waals surface area contributed by atoms with E-state index in [1.807, 2.05) is 20.8 Å². The van der Waals surface area contributed by atoms with E-state index < -0.39 is 21.5 Å². The van der Waals surface area contributed by atoms with E-state index in [-0.39, 0.29) is 5.92 Å². The Morgan fingerprint density at radius 1 is 1.29 bits per heavy atom. The molecule has 2 N–H and O–H groups in total. The predicted octanol–water partition coefficient (Wildman–Crippen LogP) is 1.45. The molecule has 4 nitrogen and oxygen atoms in total. The van der Waals surface area contributed by atoms with Crippen LogP contribution in [0.2, 0.25) is 0 Å². The van der Waals surface area contributed by atoms with Gasteiger partial charge in [-0.15, -0.1) is 0 Å². The van der Waals surface area contributed by atoms with Crippen molar-refractivity contribution in [2.75, 3.05) is 0 Å². The summed E-state index contributed by atoms with van der Waals surface area (Å²) in [4.78, 5) is 0. The molecule has 0 radical (unpaired) electrons. The van der Waals surface area contributed by atoms with Crippen molar-refractivity contribution < 1.29 is 18.1 Å². The van der Waals surface area contributed by atoms with E-state index >= 15 is 0 Å². The number of aliphatic hydroxyl groups is 1. The molecule has 14 heavy (non-hydrogen) atoms. The quantitative estimate of drug-likeness (QED) is 0.670. The van der Waals surface area contributed by atoms with Crippen molar-refractivity contribution >= 4 is 10.1 Å². The molecule has 0 aromatic rings. The zero-order valence-corrected chi connectivity index (χ0v) is 9.79. The monoisotopic (exact) mass is 224 g/mol. The Kier molecular flexibility index (Phi) is 5.63. The minimum atomic E-state index is -4.12. The third-order valence-corrected chi connectivity index (χ3v) is 3.41. The van der Waals surface area contributed by atoms with Crippen LogP contribution >= 0.6 is 0 Å². The first kappa shape index (κ1) is 13.9. The molecule has 5 heteroatoms. The minimum Gasteiger partial charge on any atom is -0.392 e. The van der Waals surface area contributed by atoms with Crippen molar-refractivity contribution in [3.63, 3.8) is 0 Å². The molecule has 86 valence electrons. The average molecular weight is 224 g/mol. The van der Waals surface area contributed by atoms with Gasteiger partial charge in [0.1, 0.15) is 5.25 Å². The summed E-state index contributed by atoms with van der Waals surface area (Å²) in [6.45, 7) is 5.62. The maximum atomic E-state index is 10.9. The van der Waals surface area contributed by atoms with Crippen molar-refractivity contribution in [2.24, 2.45) is 5.92 Å². The standard InChI is InChI=1S/C9H20O4S/c1-4-5-9(14(11,12)13)8(10)6-7(2)3/h7-10H,4-6H2,1-3H3,(H,11,12,13). The fourth-order valence-corrected chi connectivity index (χ4v) is 2.50. The molecular weight excluding hydrogens is 204 g/mol. The van der Waals surface area contributed by atoms with Gasteiger partial charge in [0.15, 0.2) is 0 Å². The molecule has 0 spiro atoms. The Morgan fingerprint density at radius 2 is 1.79 bits per heavy atom. The van der Waals surface area contributed by atoms with Crippen LogP contribution in [-0.2, 0) is 10.1 Å². The molecule has 2 atom stereocenters. The van der Waals surface area contributed by atoms with Gasteiger partial charge in [-0.25, -0.2) is 0 Å². The van der Waals surface area contributed by atoms with Crippen LogP contribution in [0.1, 0.15) is 40.0 Å². The fraction of sp³-hybridized carbons (Fsp3) is 1.00. The zero-order chi connectivity index (χ0) is 11.4. The van der Waals surface area contributed by atoms with Crippen molar-refractivity contribution in [2.45, 2.75) is 51.4 Å². The lowest BCUT2D eigenvalue weighted by Crippen LogP contribution is -2.34. The van der Waals surface area contributed by atoms with Crippen molar-refractivity contribution in [3.05, 3.63) is 0 Å². The molecule has 0 fully saturated rings. The second-order valence-corrected chi connectivity index (χ2v) is 5.67. The van der Waals surface area contributed by atoms with Gasteiger partial charge in [0.2, 0.25) is 0 Å². The number of hydrogen-bond acceptors (Lipinski definition) is 3. The van der Waals surface area contributed by atoms with E-state index in [0.717, 1.165) is 0 Å². The van der Waals surface area contributed by atoms with Crippen LogP contribution < -0.4 is 0 Å². The molecule has 0 aromatic carbocycles. The Bertz CT molecular complexity index is 246. The maximum absolute atomic E-state index is 10.9. The van der Waals surface area contributed by atoms with Gasteiger partial charge in [-0.05, 0) is 18.8 Å². The van der Waals surface area contributed by atoms with Gasteiger partial charge in [0.05, 0.1) is 6.10 Å². The van der Waals surface area contributed by atoms with Gasteiger partial charge in [-0.3, -0.25) is 4.55 Å². The van der Waals surface area contributed by atoms with Crippen LogP contribution in [-0.4, -0.2) is 29.4 Å². The Labute approximate surface area is 86.1 Å². The highest BCUT2D eigenvalue weighted by Crippen LogP contribution is 2.17. The van der Waals surface area contributed by atoms with Gasteiger partial charge in [-0.1, -0.05) is 27.2 Å². The Morgan fingerprint density at radius 3 is 2.07 bits per heavy atom. The summed E-state index contributed by atoms with van der Waals surface area (Å²) < 4.78 is 30.8. The molecule has 0 aliphatic rings. The first-order chi connectivity index (χ1) is 6.29.